The standard InChI is InChI=1S/C16H19NOS/c17-15(16(19)14-9-5-2-6-10-14)12-18-11-13-7-3-1-4-8-13/h1-10,15-16,19H,11-12,17H2. The molecule has 0 saturated heterocycles. The van der Waals surface area contributed by atoms with Crippen molar-refractivity contribution < 1.29 is 4.74 Å². The molecule has 2 aromatic carbocycles. The van der Waals surface area contributed by atoms with Crippen LogP contribution in [0.25, 0.3) is 0 Å². The van der Waals surface area contributed by atoms with E-state index in [-0.39, 0.29) is 11.3 Å². The second kappa shape index (κ2) is 7.34. The third-order valence-corrected chi connectivity index (χ3v) is 3.65. The van der Waals surface area contributed by atoms with E-state index in [9.17, 15) is 0 Å². The maximum Gasteiger partial charge on any atom is 0.0717 e. The van der Waals surface area contributed by atoms with Crippen LogP contribution in [0.4, 0.5) is 0 Å². The fourth-order valence-electron chi connectivity index (χ4n) is 1.88. The molecule has 0 aliphatic rings. The zero-order valence-electron chi connectivity index (χ0n) is 10.8. The normalized spacial score (nSPS) is 14.0. The number of rotatable bonds is 6. The predicted molar refractivity (Wildman–Crippen MR) is 82.2 cm³/mol. The Hall–Kier alpha value is -1.29. The Kier molecular flexibility index (Phi) is 5.45. The lowest BCUT2D eigenvalue weighted by Gasteiger charge is -2.19. The van der Waals surface area contributed by atoms with E-state index in [2.05, 4.69) is 12.6 Å². The molecule has 2 atom stereocenters. The number of ether oxygens (including phenoxy) is 1. The summed E-state index contributed by atoms with van der Waals surface area (Å²) in [6.07, 6.45) is 0. The molecule has 2 nitrogen and oxygen atoms in total. The van der Waals surface area contributed by atoms with E-state index in [1.807, 2.05) is 60.7 Å². The third-order valence-electron chi connectivity index (χ3n) is 2.97. The summed E-state index contributed by atoms with van der Waals surface area (Å²) in [5.74, 6) is 0. The van der Waals surface area contributed by atoms with Crippen LogP contribution in [0.5, 0.6) is 0 Å². The SMILES string of the molecule is NC(COCc1ccccc1)C(S)c1ccccc1. The second-order valence-corrected chi connectivity index (χ2v) is 5.08. The van der Waals surface area contributed by atoms with Crippen LogP contribution in [-0.4, -0.2) is 12.6 Å². The Balaban J connectivity index is 1.80. The molecule has 100 valence electrons. The minimum Gasteiger partial charge on any atom is -0.375 e. The highest BCUT2D eigenvalue weighted by molar-refractivity contribution is 7.80. The Bertz CT molecular complexity index is 475. The number of benzene rings is 2. The van der Waals surface area contributed by atoms with Crippen molar-refractivity contribution >= 4 is 12.6 Å². The van der Waals surface area contributed by atoms with Gasteiger partial charge in [0, 0.05) is 11.3 Å². The highest BCUT2D eigenvalue weighted by atomic mass is 32.1. The number of nitrogens with two attached hydrogens (primary N) is 1. The lowest BCUT2D eigenvalue weighted by molar-refractivity contribution is 0.107. The molecule has 0 bridgehead atoms. The summed E-state index contributed by atoms with van der Waals surface area (Å²) < 4.78 is 5.65. The zero-order valence-corrected chi connectivity index (χ0v) is 11.7. The largest absolute Gasteiger partial charge is 0.375 e. The maximum absolute atomic E-state index is 6.11. The van der Waals surface area contributed by atoms with E-state index >= 15 is 0 Å². The van der Waals surface area contributed by atoms with Crippen LogP contribution in [-0.2, 0) is 11.3 Å². The Labute approximate surface area is 120 Å². The van der Waals surface area contributed by atoms with E-state index in [0.29, 0.717) is 13.2 Å². The van der Waals surface area contributed by atoms with Gasteiger partial charge in [0.05, 0.1) is 13.2 Å². The van der Waals surface area contributed by atoms with Crippen molar-refractivity contribution in [1.29, 1.82) is 0 Å². The number of thiol groups is 1. The molecule has 2 aromatic rings. The van der Waals surface area contributed by atoms with Crippen molar-refractivity contribution in [3.05, 3.63) is 71.8 Å². The molecule has 2 N–H and O–H groups in total. The van der Waals surface area contributed by atoms with Gasteiger partial charge in [0.15, 0.2) is 0 Å². The molecule has 0 spiro atoms. The van der Waals surface area contributed by atoms with Crippen molar-refractivity contribution in [3.8, 4) is 0 Å². The first-order valence-electron chi connectivity index (χ1n) is 6.37. The molecule has 0 fully saturated rings. The minimum absolute atomic E-state index is 0.00280. The molecule has 0 heterocycles. The van der Waals surface area contributed by atoms with Gasteiger partial charge in [-0.1, -0.05) is 60.7 Å². The van der Waals surface area contributed by atoms with Gasteiger partial charge < -0.3 is 10.5 Å². The average molecular weight is 273 g/mol. The van der Waals surface area contributed by atoms with Crippen molar-refractivity contribution in [2.75, 3.05) is 6.61 Å². The van der Waals surface area contributed by atoms with Crippen LogP contribution in [0.15, 0.2) is 60.7 Å². The zero-order chi connectivity index (χ0) is 13.5. The summed E-state index contributed by atoms with van der Waals surface area (Å²) in [6, 6.07) is 20.0. The van der Waals surface area contributed by atoms with Gasteiger partial charge >= 0.3 is 0 Å². The van der Waals surface area contributed by atoms with Crippen LogP contribution in [0.1, 0.15) is 16.4 Å². The monoisotopic (exact) mass is 273 g/mol. The number of hydrogen-bond acceptors (Lipinski definition) is 3. The van der Waals surface area contributed by atoms with E-state index in [1.54, 1.807) is 0 Å². The van der Waals surface area contributed by atoms with E-state index in [1.165, 1.54) is 0 Å². The molecular formula is C16H19NOS. The third kappa shape index (κ3) is 4.39. The summed E-state index contributed by atoms with van der Waals surface area (Å²) in [4.78, 5) is 0. The molecule has 2 rings (SSSR count). The first kappa shape index (κ1) is 14.1. The quantitative estimate of drug-likeness (QED) is 0.793. The molecule has 0 aromatic heterocycles. The van der Waals surface area contributed by atoms with E-state index in [4.69, 9.17) is 10.5 Å². The van der Waals surface area contributed by atoms with Crippen LogP contribution >= 0.6 is 12.6 Å². The summed E-state index contributed by atoms with van der Waals surface area (Å²) in [6.45, 7) is 1.09. The first-order valence-corrected chi connectivity index (χ1v) is 6.89. The number of hydrogen-bond donors (Lipinski definition) is 2. The summed E-state index contributed by atoms with van der Waals surface area (Å²) in [7, 11) is 0. The van der Waals surface area contributed by atoms with Gasteiger partial charge in [0.25, 0.3) is 0 Å². The minimum atomic E-state index is -0.116. The molecule has 0 aliphatic heterocycles. The van der Waals surface area contributed by atoms with Gasteiger partial charge in [-0.05, 0) is 11.1 Å². The Morgan fingerprint density at radius 2 is 1.53 bits per heavy atom. The van der Waals surface area contributed by atoms with E-state index < -0.39 is 0 Å². The van der Waals surface area contributed by atoms with Gasteiger partial charge in [0.1, 0.15) is 0 Å². The summed E-state index contributed by atoms with van der Waals surface area (Å²) in [5, 5.41) is -0.00280. The molecule has 3 heteroatoms. The topological polar surface area (TPSA) is 35.2 Å². The van der Waals surface area contributed by atoms with Crippen molar-refractivity contribution in [2.24, 2.45) is 5.73 Å². The highest BCUT2D eigenvalue weighted by Crippen LogP contribution is 2.22. The molecular weight excluding hydrogens is 254 g/mol. The lowest BCUT2D eigenvalue weighted by atomic mass is 10.1. The maximum atomic E-state index is 6.11. The smallest absolute Gasteiger partial charge is 0.0717 e. The van der Waals surface area contributed by atoms with Gasteiger partial charge in [-0.3, -0.25) is 0 Å². The Morgan fingerprint density at radius 3 is 2.16 bits per heavy atom. The van der Waals surface area contributed by atoms with Crippen molar-refractivity contribution in [3.63, 3.8) is 0 Å². The van der Waals surface area contributed by atoms with Crippen LogP contribution in [0.2, 0.25) is 0 Å². The van der Waals surface area contributed by atoms with Gasteiger partial charge in [-0.25, -0.2) is 0 Å². The summed E-state index contributed by atoms with van der Waals surface area (Å²) >= 11 is 4.57. The van der Waals surface area contributed by atoms with Gasteiger partial charge in [-0.2, -0.15) is 12.6 Å². The first-order chi connectivity index (χ1) is 9.27. The molecule has 0 amide bonds. The fraction of sp³-hybridized carbons (Fsp3) is 0.250. The second-order valence-electron chi connectivity index (χ2n) is 4.52. The van der Waals surface area contributed by atoms with Crippen LogP contribution < -0.4 is 5.73 Å². The molecule has 0 saturated carbocycles. The van der Waals surface area contributed by atoms with E-state index in [0.717, 1.165) is 11.1 Å². The van der Waals surface area contributed by atoms with Crippen molar-refractivity contribution in [2.45, 2.75) is 17.9 Å². The van der Waals surface area contributed by atoms with Crippen LogP contribution in [0, 0.1) is 0 Å². The van der Waals surface area contributed by atoms with Gasteiger partial charge in [0.2, 0.25) is 0 Å². The lowest BCUT2D eigenvalue weighted by Crippen LogP contribution is -2.30. The molecule has 19 heavy (non-hydrogen) atoms. The van der Waals surface area contributed by atoms with Gasteiger partial charge in [-0.15, -0.1) is 0 Å². The molecule has 0 radical (unpaired) electrons. The average Bonchev–Trinajstić information content (AvgIpc) is 2.48. The molecule has 2 unspecified atom stereocenters. The predicted octanol–water partition coefficient (Wildman–Crippen LogP) is 3.20. The van der Waals surface area contributed by atoms with Crippen LogP contribution in [0.3, 0.4) is 0 Å². The van der Waals surface area contributed by atoms with Crippen molar-refractivity contribution in [1.82, 2.24) is 0 Å². The summed E-state index contributed by atoms with van der Waals surface area (Å²) in [5.41, 5.74) is 8.40. The molecule has 0 aliphatic carbocycles. The Morgan fingerprint density at radius 1 is 0.947 bits per heavy atom. The fourth-order valence-corrected chi connectivity index (χ4v) is 2.13. The highest BCUT2D eigenvalue weighted by Gasteiger charge is 2.15.